The van der Waals surface area contributed by atoms with Crippen LogP contribution in [0, 0.1) is 11.8 Å². The maximum atomic E-state index is 13.5. The first kappa shape index (κ1) is 28.6. The number of rotatable bonds is 11. The molecule has 0 aromatic heterocycles. The van der Waals surface area contributed by atoms with Crippen LogP contribution >= 0.6 is 7.82 Å². The first-order valence-corrected chi connectivity index (χ1v) is 14.5. The molecule has 4 atom stereocenters. The highest BCUT2D eigenvalue weighted by Crippen LogP contribution is 2.50. The van der Waals surface area contributed by atoms with Crippen LogP contribution in [0.3, 0.4) is 0 Å². The molecule has 0 aliphatic heterocycles. The van der Waals surface area contributed by atoms with E-state index in [1.165, 1.54) is 5.57 Å². The van der Waals surface area contributed by atoms with Crippen molar-refractivity contribution in [2.75, 3.05) is 0 Å². The predicted molar refractivity (Wildman–Crippen MR) is 140 cm³/mol. The molecule has 200 valence electrons. The fourth-order valence-corrected chi connectivity index (χ4v) is 6.22. The number of carbonyl (C=O) groups is 1. The lowest BCUT2D eigenvalue weighted by atomic mass is 9.73. The van der Waals surface area contributed by atoms with Crippen molar-refractivity contribution in [3.05, 3.63) is 47.1 Å². The van der Waals surface area contributed by atoms with Gasteiger partial charge in [0.2, 0.25) is 0 Å². The van der Waals surface area contributed by atoms with Gasteiger partial charge in [0.1, 0.15) is 11.5 Å². The third kappa shape index (κ3) is 7.10. The zero-order valence-corrected chi connectivity index (χ0v) is 23.1. The Hall–Kier alpha value is -1.92. The van der Waals surface area contributed by atoms with E-state index in [1.807, 2.05) is 13.8 Å². The van der Waals surface area contributed by atoms with E-state index in [0.29, 0.717) is 24.8 Å². The van der Waals surface area contributed by atoms with Crippen LogP contribution in [-0.4, -0.2) is 28.2 Å². The van der Waals surface area contributed by atoms with Crippen LogP contribution in [0.2, 0.25) is 0 Å². The normalized spacial score (nSPS) is 22.9. The molecule has 0 saturated heterocycles. The number of phenols is 1. The quantitative estimate of drug-likeness (QED) is 0.140. The molecule has 2 aliphatic rings. The van der Waals surface area contributed by atoms with Crippen LogP contribution < -0.4 is 4.74 Å². The standard InChI is InChI=1S/C28H41O7P/c1-7-9-20-15-24(29)26(23-14-19(6)12-13-22(23)17(2)3)25(16-20)33-28(30)27(21-10-8-11-21)35-36(31,32)34-18(4)5/h14-16,18,21-23,27,29H,2,7-13H2,1,3-6H3,(H,31,32)/t22-,23+,27?/m0/s1. The number of benzene rings is 1. The number of aromatic hydroxyl groups is 1. The Balaban J connectivity index is 2.01. The van der Waals surface area contributed by atoms with Gasteiger partial charge in [-0.25, -0.2) is 9.36 Å². The van der Waals surface area contributed by atoms with Crippen molar-refractivity contribution in [2.24, 2.45) is 11.8 Å². The number of esters is 1. The third-order valence-electron chi connectivity index (χ3n) is 7.04. The summed E-state index contributed by atoms with van der Waals surface area (Å²) in [6, 6.07) is 3.53. The number of carbonyl (C=O) groups excluding carboxylic acids is 1. The van der Waals surface area contributed by atoms with E-state index in [-0.39, 0.29) is 29.3 Å². The zero-order chi connectivity index (χ0) is 26.6. The van der Waals surface area contributed by atoms with Gasteiger partial charge in [0.25, 0.3) is 0 Å². The molecular weight excluding hydrogens is 479 g/mol. The van der Waals surface area contributed by atoms with Gasteiger partial charge >= 0.3 is 13.8 Å². The Morgan fingerprint density at radius 1 is 1.22 bits per heavy atom. The molecule has 1 aromatic carbocycles. The predicted octanol–water partition coefficient (Wildman–Crippen LogP) is 6.98. The highest BCUT2D eigenvalue weighted by atomic mass is 31.2. The van der Waals surface area contributed by atoms with Crippen LogP contribution in [-0.2, 0) is 24.8 Å². The van der Waals surface area contributed by atoms with Gasteiger partial charge in [0.15, 0.2) is 6.10 Å². The smallest absolute Gasteiger partial charge is 0.473 e. The van der Waals surface area contributed by atoms with Crippen molar-refractivity contribution in [3.63, 3.8) is 0 Å². The van der Waals surface area contributed by atoms with Gasteiger partial charge in [0.05, 0.1) is 6.10 Å². The molecule has 1 saturated carbocycles. The molecule has 2 N–H and O–H groups in total. The minimum atomic E-state index is -4.47. The van der Waals surface area contributed by atoms with E-state index in [2.05, 4.69) is 19.6 Å². The van der Waals surface area contributed by atoms with Gasteiger partial charge < -0.3 is 14.7 Å². The van der Waals surface area contributed by atoms with Gasteiger partial charge in [-0.15, -0.1) is 0 Å². The summed E-state index contributed by atoms with van der Waals surface area (Å²) in [7, 11) is -4.47. The molecule has 0 bridgehead atoms. The van der Waals surface area contributed by atoms with E-state index in [4.69, 9.17) is 13.8 Å². The summed E-state index contributed by atoms with van der Waals surface area (Å²) < 4.78 is 28.9. The topological polar surface area (TPSA) is 102 Å². The lowest BCUT2D eigenvalue weighted by Crippen LogP contribution is -2.39. The van der Waals surface area contributed by atoms with Crippen LogP contribution in [0.5, 0.6) is 11.5 Å². The van der Waals surface area contributed by atoms with E-state index in [1.54, 1.807) is 26.0 Å². The highest BCUT2D eigenvalue weighted by molar-refractivity contribution is 7.47. The SMILES string of the molecule is C=C(C)[C@@H]1CCC(C)=C[C@H]1c1c(O)cc(CCC)cc1OC(=O)C(OP(=O)(O)OC(C)C)C1CCC1. The van der Waals surface area contributed by atoms with E-state index in [0.717, 1.165) is 36.8 Å². The van der Waals surface area contributed by atoms with Crippen molar-refractivity contribution in [3.8, 4) is 11.5 Å². The Morgan fingerprint density at radius 3 is 2.47 bits per heavy atom. The summed E-state index contributed by atoms with van der Waals surface area (Å²) in [6.45, 7) is 13.5. The van der Waals surface area contributed by atoms with Crippen LogP contribution in [0.1, 0.15) is 90.2 Å². The Kier molecular flexibility index (Phi) is 9.62. The summed E-state index contributed by atoms with van der Waals surface area (Å²) in [5.41, 5.74) is 3.59. The summed E-state index contributed by atoms with van der Waals surface area (Å²) in [6.07, 6.45) is 6.02. The second kappa shape index (κ2) is 12.1. The molecule has 2 aliphatic carbocycles. The lowest BCUT2D eigenvalue weighted by Gasteiger charge is -2.34. The van der Waals surface area contributed by atoms with E-state index < -0.39 is 26.0 Å². The minimum absolute atomic E-state index is 0.0723. The van der Waals surface area contributed by atoms with Gasteiger partial charge in [-0.3, -0.25) is 9.05 Å². The maximum absolute atomic E-state index is 13.5. The monoisotopic (exact) mass is 520 g/mol. The third-order valence-corrected chi connectivity index (χ3v) is 8.23. The van der Waals surface area contributed by atoms with Gasteiger partial charge in [0, 0.05) is 11.5 Å². The first-order chi connectivity index (χ1) is 16.9. The van der Waals surface area contributed by atoms with E-state index in [9.17, 15) is 19.4 Å². The summed E-state index contributed by atoms with van der Waals surface area (Å²) in [5.74, 6) is -0.765. The number of aryl methyl sites for hydroxylation is 1. The summed E-state index contributed by atoms with van der Waals surface area (Å²) >= 11 is 0. The zero-order valence-electron chi connectivity index (χ0n) is 22.2. The highest BCUT2D eigenvalue weighted by Gasteiger charge is 2.42. The number of ether oxygens (including phenoxy) is 1. The Bertz CT molecular complexity index is 1040. The molecule has 0 radical (unpaired) electrons. The Morgan fingerprint density at radius 2 is 1.92 bits per heavy atom. The molecule has 1 fully saturated rings. The molecule has 0 spiro atoms. The molecule has 0 heterocycles. The maximum Gasteiger partial charge on any atom is 0.473 e. The number of phosphoric ester groups is 1. The first-order valence-electron chi connectivity index (χ1n) is 13.0. The molecule has 3 rings (SSSR count). The average molecular weight is 521 g/mol. The van der Waals surface area contributed by atoms with Crippen molar-refractivity contribution in [1.82, 2.24) is 0 Å². The van der Waals surface area contributed by atoms with E-state index >= 15 is 0 Å². The van der Waals surface area contributed by atoms with Crippen LogP contribution in [0.4, 0.5) is 0 Å². The van der Waals surface area contributed by atoms with Gasteiger partial charge in [-0.05, 0) is 89.3 Å². The number of hydrogen-bond acceptors (Lipinski definition) is 6. The van der Waals surface area contributed by atoms with Gasteiger partial charge in [-0.2, -0.15) is 0 Å². The van der Waals surface area contributed by atoms with Crippen molar-refractivity contribution in [1.29, 1.82) is 0 Å². The van der Waals surface area contributed by atoms with Crippen molar-refractivity contribution < 1.29 is 33.1 Å². The largest absolute Gasteiger partial charge is 0.507 e. The average Bonchev–Trinajstić information content (AvgIpc) is 2.70. The molecule has 7 nitrogen and oxygen atoms in total. The fourth-order valence-electron chi connectivity index (χ4n) is 5.09. The minimum Gasteiger partial charge on any atom is -0.507 e. The summed E-state index contributed by atoms with van der Waals surface area (Å²) in [4.78, 5) is 23.7. The number of hydrogen-bond donors (Lipinski definition) is 2. The number of phosphoric acid groups is 1. The molecule has 0 amide bonds. The lowest BCUT2D eigenvalue weighted by molar-refractivity contribution is -0.148. The number of allylic oxidation sites excluding steroid dienone is 3. The fraction of sp³-hybridized carbons (Fsp3) is 0.607. The molecular formula is C28H41O7P. The second-order valence-electron chi connectivity index (χ2n) is 10.6. The van der Waals surface area contributed by atoms with Crippen molar-refractivity contribution >= 4 is 13.8 Å². The number of phenolic OH excluding ortho intramolecular Hbond substituents is 1. The second-order valence-corrected chi connectivity index (χ2v) is 11.9. The molecule has 8 heteroatoms. The molecule has 1 aromatic rings. The van der Waals surface area contributed by atoms with Crippen LogP contribution in [0.15, 0.2) is 35.9 Å². The Labute approximate surface area is 215 Å². The molecule has 36 heavy (non-hydrogen) atoms. The van der Waals surface area contributed by atoms with Gasteiger partial charge in [-0.1, -0.05) is 43.6 Å². The van der Waals surface area contributed by atoms with Crippen molar-refractivity contribution in [2.45, 2.75) is 97.7 Å². The summed E-state index contributed by atoms with van der Waals surface area (Å²) in [5, 5.41) is 11.2. The molecule has 2 unspecified atom stereocenters. The van der Waals surface area contributed by atoms with Crippen LogP contribution in [0.25, 0.3) is 0 Å².